The minimum absolute atomic E-state index is 0.0729. The highest BCUT2D eigenvalue weighted by Crippen LogP contribution is 2.35. The van der Waals surface area contributed by atoms with Crippen molar-refractivity contribution in [3.05, 3.63) is 22.7 Å². The van der Waals surface area contributed by atoms with Gasteiger partial charge in [0.15, 0.2) is 0 Å². The zero-order chi connectivity index (χ0) is 14.9. The van der Waals surface area contributed by atoms with Crippen molar-refractivity contribution in [1.82, 2.24) is 0 Å². The number of ether oxygens (including phenoxy) is 1. The highest BCUT2D eigenvalue weighted by Gasteiger charge is 2.26. The molecule has 0 saturated heterocycles. The molecule has 0 aliphatic heterocycles. The van der Waals surface area contributed by atoms with Crippen LogP contribution in [0.25, 0.3) is 0 Å². The van der Waals surface area contributed by atoms with E-state index in [1.165, 1.54) is 18.6 Å². The number of rotatable bonds is 3. The minimum Gasteiger partial charge on any atom is -0.489 e. The van der Waals surface area contributed by atoms with Crippen LogP contribution in [0.5, 0.6) is 5.75 Å². The van der Waals surface area contributed by atoms with Crippen molar-refractivity contribution in [3.8, 4) is 5.75 Å². The van der Waals surface area contributed by atoms with Crippen LogP contribution in [-0.4, -0.2) is 14.5 Å². The summed E-state index contributed by atoms with van der Waals surface area (Å²) >= 11 is 3.35. The van der Waals surface area contributed by atoms with Gasteiger partial charge in [-0.15, -0.1) is 0 Å². The summed E-state index contributed by atoms with van der Waals surface area (Å²) in [6.45, 7) is 4.48. The molecule has 2 rings (SSSR count). The average molecular weight is 382 g/mol. The van der Waals surface area contributed by atoms with E-state index in [-0.39, 0.29) is 11.0 Å². The van der Waals surface area contributed by atoms with Crippen molar-refractivity contribution < 1.29 is 13.2 Å². The minimum atomic E-state index is -3.71. The molecule has 1 fully saturated rings. The monoisotopic (exact) mass is 380 g/mol. The molecule has 1 saturated carbocycles. The number of hydrogen-bond donors (Lipinski definition) is 0. The lowest BCUT2D eigenvalue weighted by atomic mass is 9.82. The van der Waals surface area contributed by atoms with E-state index < -0.39 is 9.05 Å². The Morgan fingerprint density at radius 2 is 1.80 bits per heavy atom. The zero-order valence-corrected chi connectivity index (χ0v) is 14.6. The first kappa shape index (κ1) is 16.1. The van der Waals surface area contributed by atoms with Gasteiger partial charge in [-0.1, -0.05) is 13.8 Å². The van der Waals surface area contributed by atoms with Crippen LogP contribution < -0.4 is 4.74 Å². The number of benzene rings is 1. The van der Waals surface area contributed by atoms with Gasteiger partial charge in [0.2, 0.25) is 0 Å². The van der Waals surface area contributed by atoms with Gasteiger partial charge in [-0.2, -0.15) is 0 Å². The van der Waals surface area contributed by atoms with E-state index in [1.54, 1.807) is 6.07 Å². The second kappa shape index (κ2) is 6.24. The maximum absolute atomic E-state index is 11.3. The summed E-state index contributed by atoms with van der Waals surface area (Å²) in [4.78, 5) is 0.0729. The van der Waals surface area contributed by atoms with E-state index >= 15 is 0 Å². The van der Waals surface area contributed by atoms with Crippen molar-refractivity contribution in [2.45, 2.75) is 44.1 Å². The first-order valence-electron chi connectivity index (χ1n) is 6.66. The number of halogens is 2. The largest absolute Gasteiger partial charge is 0.489 e. The summed E-state index contributed by atoms with van der Waals surface area (Å²) < 4.78 is 29.2. The Balaban J connectivity index is 2.14. The molecular weight excluding hydrogens is 364 g/mol. The quantitative estimate of drug-likeness (QED) is 0.720. The molecule has 1 aliphatic rings. The third kappa shape index (κ3) is 4.12. The summed E-state index contributed by atoms with van der Waals surface area (Å²) in [5.74, 6) is 1.98. The Morgan fingerprint density at radius 1 is 1.20 bits per heavy atom. The molecule has 20 heavy (non-hydrogen) atoms. The maximum atomic E-state index is 11.3. The molecule has 2 unspecified atom stereocenters. The number of hydrogen-bond acceptors (Lipinski definition) is 3. The van der Waals surface area contributed by atoms with Crippen LogP contribution in [0.3, 0.4) is 0 Å². The highest BCUT2D eigenvalue weighted by atomic mass is 79.9. The normalized spacial score (nSPS) is 27.3. The Kier molecular flexibility index (Phi) is 5.03. The first-order valence-corrected chi connectivity index (χ1v) is 9.77. The van der Waals surface area contributed by atoms with Crippen molar-refractivity contribution in [3.63, 3.8) is 0 Å². The second-order valence-corrected chi connectivity index (χ2v) is 9.11. The standard InChI is InChI=1S/C14H18BrClO3S/c1-9-5-10(2)7-11(6-9)19-14-4-3-12(8-13(14)15)20(16,17)18/h3-4,8-11H,5-7H2,1-2H3. The van der Waals surface area contributed by atoms with Crippen LogP contribution in [0.2, 0.25) is 0 Å². The van der Waals surface area contributed by atoms with Gasteiger partial charge in [0.25, 0.3) is 9.05 Å². The Hall–Kier alpha value is -0.260. The van der Waals surface area contributed by atoms with Crippen LogP contribution in [0, 0.1) is 11.8 Å². The summed E-state index contributed by atoms with van der Waals surface area (Å²) in [6.07, 6.45) is 3.49. The van der Waals surface area contributed by atoms with Crippen LogP contribution in [0.1, 0.15) is 33.1 Å². The van der Waals surface area contributed by atoms with Crippen molar-refractivity contribution >= 4 is 35.7 Å². The van der Waals surface area contributed by atoms with E-state index in [1.807, 2.05) is 0 Å². The highest BCUT2D eigenvalue weighted by molar-refractivity contribution is 9.10. The maximum Gasteiger partial charge on any atom is 0.261 e. The van der Waals surface area contributed by atoms with Crippen molar-refractivity contribution in [2.75, 3.05) is 0 Å². The third-order valence-electron chi connectivity index (χ3n) is 3.61. The topological polar surface area (TPSA) is 43.4 Å². The SMILES string of the molecule is CC1CC(C)CC(Oc2ccc(S(=O)(=O)Cl)cc2Br)C1. The average Bonchev–Trinajstić information content (AvgIpc) is 2.29. The molecule has 112 valence electrons. The van der Waals surface area contributed by atoms with Gasteiger partial charge in [-0.25, -0.2) is 8.42 Å². The smallest absolute Gasteiger partial charge is 0.261 e. The van der Waals surface area contributed by atoms with E-state index in [4.69, 9.17) is 15.4 Å². The van der Waals surface area contributed by atoms with Crippen LogP contribution in [0.15, 0.2) is 27.6 Å². The lowest BCUT2D eigenvalue weighted by molar-refractivity contribution is 0.100. The third-order valence-corrected chi connectivity index (χ3v) is 5.59. The molecule has 2 atom stereocenters. The fourth-order valence-corrected chi connectivity index (χ4v) is 4.28. The first-order chi connectivity index (χ1) is 9.25. The molecule has 0 aromatic heterocycles. The Labute approximate surface area is 133 Å². The predicted molar refractivity (Wildman–Crippen MR) is 83.8 cm³/mol. The molecular formula is C14H18BrClO3S. The van der Waals surface area contributed by atoms with Crippen LogP contribution in [-0.2, 0) is 9.05 Å². The molecule has 1 aromatic rings. The summed E-state index contributed by atoms with van der Waals surface area (Å²) in [5.41, 5.74) is 0. The second-order valence-electron chi connectivity index (χ2n) is 5.69. The summed E-state index contributed by atoms with van der Waals surface area (Å²) in [5, 5.41) is 0. The lowest BCUT2D eigenvalue weighted by Gasteiger charge is -2.32. The zero-order valence-electron chi connectivity index (χ0n) is 11.5. The van der Waals surface area contributed by atoms with Gasteiger partial charge >= 0.3 is 0 Å². The molecule has 6 heteroatoms. The molecule has 0 heterocycles. The fourth-order valence-electron chi connectivity index (χ4n) is 2.88. The van der Waals surface area contributed by atoms with E-state index in [2.05, 4.69) is 29.8 Å². The molecule has 0 N–H and O–H groups in total. The molecule has 0 amide bonds. The van der Waals surface area contributed by atoms with Gasteiger partial charge < -0.3 is 4.74 Å². The summed E-state index contributed by atoms with van der Waals surface area (Å²) in [7, 11) is 1.62. The molecule has 1 aliphatic carbocycles. The van der Waals surface area contributed by atoms with Gasteiger partial charge in [-0.3, -0.25) is 0 Å². The van der Waals surface area contributed by atoms with Crippen LogP contribution in [0.4, 0.5) is 0 Å². The van der Waals surface area contributed by atoms with E-state index in [9.17, 15) is 8.42 Å². The van der Waals surface area contributed by atoms with Gasteiger partial charge in [0, 0.05) is 10.7 Å². The molecule has 0 spiro atoms. The van der Waals surface area contributed by atoms with E-state index in [0.29, 0.717) is 22.1 Å². The van der Waals surface area contributed by atoms with Gasteiger partial charge in [0.1, 0.15) is 5.75 Å². The molecule has 0 bridgehead atoms. The Bertz CT molecular complexity index is 578. The Morgan fingerprint density at radius 3 is 2.30 bits per heavy atom. The van der Waals surface area contributed by atoms with Gasteiger partial charge in [0.05, 0.1) is 15.5 Å². The molecule has 0 radical (unpaired) electrons. The van der Waals surface area contributed by atoms with Gasteiger partial charge in [-0.05, 0) is 65.2 Å². The van der Waals surface area contributed by atoms with Crippen molar-refractivity contribution in [1.29, 1.82) is 0 Å². The van der Waals surface area contributed by atoms with Crippen LogP contribution >= 0.6 is 26.6 Å². The van der Waals surface area contributed by atoms with Crippen molar-refractivity contribution in [2.24, 2.45) is 11.8 Å². The molecule has 1 aromatic carbocycles. The lowest BCUT2D eigenvalue weighted by Crippen LogP contribution is -2.28. The summed E-state index contributed by atoms with van der Waals surface area (Å²) in [6, 6.07) is 4.61. The predicted octanol–water partition coefficient (Wildman–Crippen LogP) is 4.58. The fraction of sp³-hybridized carbons (Fsp3) is 0.571. The molecule has 3 nitrogen and oxygen atoms in total. The van der Waals surface area contributed by atoms with E-state index in [0.717, 1.165) is 12.8 Å².